The number of fused-ring (bicyclic) bond motifs is 1. The van der Waals surface area contributed by atoms with Gasteiger partial charge in [0, 0.05) is 19.0 Å². The maximum Gasteiger partial charge on any atom is 0.224 e. The highest BCUT2D eigenvalue weighted by molar-refractivity contribution is 5.77. The minimum Gasteiger partial charge on any atom is -0.374 e. The van der Waals surface area contributed by atoms with E-state index in [0.717, 1.165) is 25.8 Å². The van der Waals surface area contributed by atoms with Crippen LogP contribution in [0.5, 0.6) is 0 Å². The highest BCUT2D eigenvalue weighted by Crippen LogP contribution is 2.28. The van der Waals surface area contributed by atoms with Crippen molar-refractivity contribution in [3.05, 3.63) is 0 Å². The molecule has 1 saturated carbocycles. The third-order valence-corrected chi connectivity index (χ3v) is 4.01. The van der Waals surface area contributed by atoms with Crippen LogP contribution in [-0.2, 0) is 9.53 Å². The number of nitrogens with two attached hydrogens (primary N) is 1. The van der Waals surface area contributed by atoms with Gasteiger partial charge in [-0.2, -0.15) is 0 Å². The maximum absolute atomic E-state index is 12.2. The van der Waals surface area contributed by atoms with Gasteiger partial charge in [0.25, 0.3) is 0 Å². The van der Waals surface area contributed by atoms with Crippen LogP contribution in [0.4, 0.5) is 0 Å². The molecule has 4 heteroatoms. The number of hydrogen-bond donors (Lipinski definition) is 1. The van der Waals surface area contributed by atoms with Crippen LogP contribution in [0.2, 0.25) is 0 Å². The standard InChI is InChI=1S/C13H24N2O2/c1-2-10(14)9-13(16)15-7-8-17-12-6-4-3-5-11(12)15/h10-12H,2-9,14H2,1H3. The normalized spacial score (nSPS) is 30.8. The molecule has 0 spiro atoms. The molecular formula is C13H24N2O2. The van der Waals surface area contributed by atoms with Crippen molar-refractivity contribution in [1.29, 1.82) is 0 Å². The van der Waals surface area contributed by atoms with E-state index >= 15 is 0 Å². The summed E-state index contributed by atoms with van der Waals surface area (Å²) in [5, 5.41) is 0. The first-order valence-electron chi connectivity index (χ1n) is 6.89. The molecule has 0 radical (unpaired) electrons. The van der Waals surface area contributed by atoms with Gasteiger partial charge in [-0.1, -0.05) is 19.8 Å². The van der Waals surface area contributed by atoms with Gasteiger partial charge in [-0.25, -0.2) is 0 Å². The SMILES string of the molecule is CCC(N)CC(=O)N1CCOC2CCCCC21. The monoisotopic (exact) mass is 240 g/mol. The van der Waals surface area contributed by atoms with Crippen molar-refractivity contribution in [3.8, 4) is 0 Å². The van der Waals surface area contributed by atoms with E-state index in [9.17, 15) is 4.79 Å². The summed E-state index contributed by atoms with van der Waals surface area (Å²) >= 11 is 0. The van der Waals surface area contributed by atoms with E-state index in [1.54, 1.807) is 0 Å². The second-order valence-corrected chi connectivity index (χ2v) is 5.22. The van der Waals surface area contributed by atoms with Crippen LogP contribution < -0.4 is 5.73 Å². The lowest BCUT2D eigenvalue weighted by Gasteiger charge is -2.44. The molecule has 2 fully saturated rings. The molecule has 3 unspecified atom stereocenters. The molecule has 0 aromatic heterocycles. The lowest BCUT2D eigenvalue weighted by molar-refractivity contribution is -0.149. The predicted octanol–water partition coefficient (Wildman–Crippen LogP) is 1.28. The summed E-state index contributed by atoms with van der Waals surface area (Å²) < 4.78 is 5.77. The van der Waals surface area contributed by atoms with Crippen molar-refractivity contribution in [3.63, 3.8) is 0 Å². The second kappa shape index (κ2) is 5.83. The van der Waals surface area contributed by atoms with Gasteiger partial charge in [-0.05, 0) is 19.3 Å². The molecule has 1 aliphatic heterocycles. The Morgan fingerprint density at radius 2 is 2.24 bits per heavy atom. The third kappa shape index (κ3) is 2.99. The highest BCUT2D eigenvalue weighted by atomic mass is 16.5. The maximum atomic E-state index is 12.2. The van der Waals surface area contributed by atoms with E-state index in [0.29, 0.717) is 19.1 Å². The number of carbonyl (C=O) groups is 1. The van der Waals surface area contributed by atoms with Crippen LogP contribution in [0.15, 0.2) is 0 Å². The summed E-state index contributed by atoms with van der Waals surface area (Å²) in [5.41, 5.74) is 5.87. The van der Waals surface area contributed by atoms with Crippen LogP contribution in [0.3, 0.4) is 0 Å². The molecule has 2 N–H and O–H groups in total. The van der Waals surface area contributed by atoms with E-state index in [-0.39, 0.29) is 18.1 Å². The third-order valence-electron chi connectivity index (χ3n) is 4.01. The molecule has 17 heavy (non-hydrogen) atoms. The average Bonchev–Trinajstić information content (AvgIpc) is 2.37. The molecule has 4 nitrogen and oxygen atoms in total. The Hall–Kier alpha value is -0.610. The van der Waals surface area contributed by atoms with Crippen LogP contribution in [0.1, 0.15) is 45.4 Å². The Kier molecular flexibility index (Phi) is 4.40. The van der Waals surface area contributed by atoms with Gasteiger partial charge in [0.1, 0.15) is 0 Å². The van der Waals surface area contributed by atoms with Gasteiger partial charge < -0.3 is 15.4 Å². The zero-order chi connectivity index (χ0) is 12.3. The summed E-state index contributed by atoms with van der Waals surface area (Å²) in [7, 11) is 0. The molecule has 0 aromatic rings. The van der Waals surface area contributed by atoms with E-state index in [2.05, 4.69) is 0 Å². The number of morpholine rings is 1. The van der Waals surface area contributed by atoms with E-state index in [1.165, 1.54) is 12.8 Å². The fourth-order valence-corrected chi connectivity index (χ4v) is 2.89. The zero-order valence-electron chi connectivity index (χ0n) is 10.7. The molecule has 2 rings (SSSR count). The van der Waals surface area contributed by atoms with Gasteiger partial charge in [0.2, 0.25) is 5.91 Å². The highest BCUT2D eigenvalue weighted by Gasteiger charge is 2.36. The van der Waals surface area contributed by atoms with Crippen molar-refractivity contribution in [1.82, 2.24) is 4.90 Å². The number of rotatable bonds is 3. The molecule has 0 bridgehead atoms. The zero-order valence-corrected chi connectivity index (χ0v) is 10.7. The van der Waals surface area contributed by atoms with Crippen molar-refractivity contribution < 1.29 is 9.53 Å². The predicted molar refractivity (Wildman–Crippen MR) is 66.6 cm³/mol. The average molecular weight is 240 g/mol. The number of carbonyl (C=O) groups excluding carboxylic acids is 1. The van der Waals surface area contributed by atoms with Crippen molar-refractivity contribution >= 4 is 5.91 Å². The molecule has 1 saturated heterocycles. The first kappa shape index (κ1) is 12.8. The van der Waals surface area contributed by atoms with Gasteiger partial charge in [0.15, 0.2) is 0 Å². The summed E-state index contributed by atoms with van der Waals surface area (Å²) in [6.07, 6.45) is 6.28. The molecule has 98 valence electrons. The molecule has 2 aliphatic rings. The van der Waals surface area contributed by atoms with Crippen LogP contribution in [-0.4, -0.2) is 42.1 Å². The van der Waals surface area contributed by atoms with Crippen molar-refractivity contribution in [2.75, 3.05) is 13.2 Å². The Morgan fingerprint density at radius 1 is 1.47 bits per heavy atom. The minimum atomic E-state index is 0.00684. The van der Waals surface area contributed by atoms with Crippen LogP contribution >= 0.6 is 0 Å². The van der Waals surface area contributed by atoms with Gasteiger partial charge >= 0.3 is 0 Å². The molecule has 1 aliphatic carbocycles. The molecule has 1 heterocycles. The van der Waals surface area contributed by atoms with Gasteiger partial charge in [0.05, 0.1) is 18.8 Å². The molecular weight excluding hydrogens is 216 g/mol. The van der Waals surface area contributed by atoms with Gasteiger partial charge in [-0.15, -0.1) is 0 Å². The van der Waals surface area contributed by atoms with Crippen LogP contribution in [0.25, 0.3) is 0 Å². The second-order valence-electron chi connectivity index (χ2n) is 5.22. The summed E-state index contributed by atoms with van der Waals surface area (Å²) in [5.74, 6) is 0.222. The quantitative estimate of drug-likeness (QED) is 0.808. The number of hydrogen-bond acceptors (Lipinski definition) is 3. The smallest absolute Gasteiger partial charge is 0.224 e. The van der Waals surface area contributed by atoms with Crippen molar-refractivity contribution in [2.45, 2.75) is 63.6 Å². The Bertz CT molecular complexity index is 268. The molecule has 1 amide bonds. The number of nitrogens with zero attached hydrogens (tertiary/aromatic N) is 1. The van der Waals surface area contributed by atoms with Crippen LogP contribution in [0, 0.1) is 0 Å². The van der Waals surface area contributed by atoms with Crippen molar-refractivity contribution in [2.24, 2.45) is 5.73 Å². The number of amides is 1. The van der Waals surface area contributed by atoms with E-state index in [4.69, 9.17) is 10.5 Å². The fourth-order valence-electron chi connectivity index (χ4n) is 2.89. The molecule has 0 aromatic carbocycles. The minimum absolute atomic E-state index is 0.00684. The lowest BCUT2D eigenvalue weighted by atomic mass is 9.90. The summed E-state index contributed by atoms with van der Waals surface area (Å²) in [4.78, 5) is 14.2. The van der Waals surface area contributed by atoms with E-state index < -0.39 is 0 Å². The fraction of sp³-hybridized carbons (Fsp3) is 0.923. The Balaban J connectivity index is 1.95. The Morgan fingerprint density at radius 3 is 3.00 bits per heavy atom. The summed E-state index contributed by atoms with van der Waals surface area (Å²) in [6, 6.07) is 0.321. The molecule has 3 atom stereocenters. The van der Waals surface area contributed by atoms with Gasteiger partial charge in [-0.3, -0.25) is 4.79 Å². The Labute approximate surface area is 103 Å². The van der Waals surface area contributed by atoms with E-state index in [1.807, 2.05) is 11.8 Å². The largest absolute Gasteiger partial charge is 0.374 e. The topological polar surface area (TPSA) is 55.6 Å². The first-order valence-corrected chi connectivity index (χ1v) is 6.89. The lowest BCUT2D eigenvalue weighted by Crippen LogP contribution is -2.55. The summed E-state index contributed by atoms with van der Waals surface area (Å²) in [6.45, 7) is 3.46. The first-order chi connectivity index (χ1) is 8.22. The number of ether oxygens (including phenoxy) is 1.